The molecular weight excluding hydrogens is 402 g/mol. The smallest absolute Gasteiger partial charge is 0.0945 e. The van der Waals surface area contributed by atoms with Crippen LogP contribution < -0.4 is 15.8 Å². The van der Waals surface area contributed by atoms with Crippen molar-refractivity contribution in [1.29, 1.82) is 0 Å². The molecule has 1 N–H and O–H groups in total. The molecule has 0 atom stereocenters. The molecule has 0 radical (unpaired) electrons. The summed E-state index contributed by atoms with van der Waals surface area (Å²) in [6.45, 7) is 18.8. The lowest BCUT2D eigenvalue weighted by Gasteiger charge is -2.24. The monoisotopic (exact) mass is 435 g/mol. The Morgan fingerprint density at radius 2 is 1.48 bits per heavy atom. The maximum atomic E-state index is 4.39. The minimum Gasteiger partial charge on any atom is -0.358 e. The van der Waals surface area contributed by atoms with Crippen molar-refractivity contribution >= 4 is 40.4 Å². The summed E-state index contributed by atoms with van der Waals surface area (Å²) in [5, 5.41) is 10.3. The summed E-state index contributed by atoms with van der Waals surface area (Å²) < 4.78 is 0. The normalized spacial score (nSPS) is 16.6. The predicted molar refractivity (Wildman–Crippen MR) is 143 cm³/mol. The molecule has 0 bridgehead atoms. The van der Waals surface area contributed by atoms with Crippen LogP contribution in [-0.4, -0.2) is 23.0 Å². The molecule has 1 aliphatic heterocycles. The molecule has 0 fully saturated rings. The van der Waals surface area contributed by atoms with Crippen molar-refractivity contribution in [3.8, 4) is 0 Å². The Morgan fingerprint density at radius 1 is 0.848 bits per heavy atom. The lowest BCUT2D eigenvalue weighted by Crippen LogP contribution is -2.28. The highest BCUT2D eigenvalue weighted by Crippen LogP contribution is 2.34. The topological polar surface area (TPSA) is 18.5 Å². The molecule has 0 spiro atoms. The molecule has 3 aromatic carbocycles. The van der Waals surface area contributed by atoms with Crippen LogP contribution in [0.15, 0.2) is 78.9 Å². The van der Waals surface area contributed by atoms with E-state index < -0.39 is 0 Å². The molecule has 1 aliphatic carbocycles. The molecule has 33 heavy (non-hydrogen) atoms. The molecule has 0 amide bonds. The molecular formula is C30H33N3. The summed E-state index contributed by atoms with van der Waals surface area (Å²) >= 11 is 0. The van der Waals surface area contributed by atoms with Gasteiger partial charge in [0.1, 0.15) is 0 Å². The van der Waals surface area contributed by atoms with E-state index in [0.717, 1.165) is 64.0 Å². The zero-order chi connectivity index (χ0) is 22.9. The van der Waals surface area contributed by atoms with Crippen molar-refractivity contribution in [2.45, 2.75) is 38.5 Å². The maximum absolute atomic E-state index is 4.39. The summed E-state index contributed by atoms with van der Waals surface area (Å²) in [5.41, 5.74) is 4.97. The highest BCUT2D eigenvalue weighted by Gasteiger charge is 2.27. The van der Waals surface area contributed by atoms with Crippen molar-refractivity contribution in [1.82, 2.24) is 9.80 Å². The quantitative estimate of drug-likeness (QED) is 0.494. The molecule has 0 unspecified atom stereocenters. The Bertz CT molecular complexity index is 1380. The first-order valence-electron chi connectivity index (χ1n) is 12.0. The third-order valence-corrected chi connectivity index (χ3v) is 7.13. The summed E-state index contributed by atoms with van der Waals surface area (Å²) in [7, 11) is 0. The van der Waals surface area contributed by atoms with Gasteiger partial charge in [0, 0.05) is 22.8 Å². The van der Waals surface area contributed by atoms with Crippen molar-refractivity contribution in [2.75, 3.05) is 18.5 Å². The molecule has 168 valence electrons. The van der Waals surface area contributed by atoms with E-state index >= 15 is 0 Å². The van der Waals surface area contributed by atoms with Gasteiger partial charge in [0.05, 0.1) is 13.2 Å². The van der Waals surface area contributed by atoms with E-state index in [-0.39, 0.29) is 0 Å². The second kappa shape index (κ2) is 8.82. The molecule has 0 saturated heterocycles. The lowest BCUT2D eigenvalue weighted by molar-refractivity contribution is 0.306. The van der Waals surface area contributed by atoms with Crippen LogP contribution in [0.25, 0.3) is 34.7 Å². The number of allylic oxidation sites excluding steroid dienone is 2. The van der Waals surface area contributed by atoms with Gasteiger partial charge in [-0.25, -0.2) is 0 Å². The molecule has 0 aromatic heterocycles. The Hall–Kier alpha value is -3.46. The first kappa shape index (κ1) is 21.4. The number of nitrogens with one attached hydrogen (secondary N) is 1. The van der Waals surface area contributed by atoms with Gasteiger partial charge >= 0.3 is 0 Å². The first-order chi connectivity index (χ1) is 16.1. The second-order valence-electron chi connectivity index (χ2n) is 9.29. The summed E-state index contributed by atoms with van der Waals surface area (Å²) in [5.74, 6) is 0. The fraction of sp³-hybridized carbons (Fsp3) is 0.267. The Morgan fingerprint density at radius 3 is 2.18 bits per heavy atom. The highest BCUT2D eigenvalue weighted by molar-refractivity contribution is 6.00. The minimum atomic E-state index is 0.788. The third kappa shape index (κ3) is 3.93. The van der Waals surface area contributed by atoms with Crippen LogP contribution in [0.4, 0.5) is 5.69 Å². The average molecular weight is 436 g/mol. The number of fused-ring (bicyclic) bond motifs is 2. The van der Waals surface area contributed by atoms with Crippen LogP contribution in [0, 0.1) is 0 Å². The number of nitrogens with zero attached hydrogens (tertiary/aromatic N) is 2. The molecule has 2 aliphatic rings. The fourth-order valence-corrected chi connectivity index (χ4v) is 5.45. The van der Waals surface area contributed by atoms with E-state index in [1.54, 1.807) is 0 Å². The van der Waals surface area contributed by atoms with E-state index in [1.165, 1.54) is 42.5 Å². The molecule has 3 heteroatoms. The summed E-state index contributed by atoms with van der Waals surface area (Å²) in [6, 6.07) is 14.8. The van der Waals surface area contributed by atoms with Crippen LogP contribution in [0.2, 0.25) is 0 Å². The number of hydrogen-bond donors (Lipinski definition) is 1. The molecule has 1 heterocycles. The zero-order valence-corrected chi connectivity index (χ0v) is 19.5. The van der Waals surface area contributed by atoms with E-state index in [4.69, 9.17) is 0 Å². The van der Waals surface area contributed by atoms with Crippen LogP contribution >= 0.6 is 0 Å². The Kier molecular flexibility index (Phi) is 5.72. The van der Waals surface area contributed by atoms with Crippen LogP contribution in [0.3, 0.4) is 0 Å². The van der Waals surface area contributed by atoms with Gasteiger partial charge in [0.25, 0.3) is 0 Å². The average Bonchev–Trinajstić information content (AvgIpc) is 3.12. The minimum absolute atomic E-state index is 0.788. The molecule has 3 nitrogen and oxygen atoms in total. The SMILES string of the molecule is C=CN1CN(CC(=C)Nc2ccc3c(=C)c4ccccc4c(=C)c3c2)C2=C1CCCCCC2. The Labute approximate surface area is 196 Å². The number of rotatable bonds is 5. The van der Waals surface area contributed by atoms with Gasteiger partial charge in [-0.1, -0.05) is 69.5 Å². The van der Waals surface area contributed by atoms with Gasteiger partial charge < -0.3 is 15.1 Å². The zero-order valence-electron chi connectivity index (χ0n) is 19.5. The summed E-state index contributed by atoms with van der Waals surface area (Å²) in [4.78, 5) is 4.78. The van der Waals surface area contributed by atoms with Gasteiger partial charge in [0.2, 0.25) is 0 Å². The van der Waals surface area contributed by atoms with E-state index in [9.17, 15) is 0 Å². The van der Waals surface area contributed by atoms with Gasteiger partial charge in [-0.05, 0) is 76.0 Å². The van der Waals surface area contributed by atoms with Crippen LogP contribution in [0.1, 0.15) is 38.5 Å². The number of hydrogen-bond acceptors (Lipinski definition) is 3. The van der Waals surface area contributed by atoms with Gasteiger partial charge in [-0.15, -0.1) is 0 Å². The van der Waals surface area contributed by atoms with Crippen molar-refractivity contribution in [3.63, 3.8) is 0 Å². The molecule has 0 saturated carbocycles. The first-order valence-corrected chi connectivity index (χ1v) is 12.0. The fourth-order valence-electron chi connectivity index (χ4n) is 5.45. The molecule has 3 aromatic rings. The van der Waals surface area contributed by atoms with Crippen molar-refractivity contribution in [3.05, 3.63) is 89.4 Å². The van der Waals surface area contributed by atoms with Crippen molar-refractivity contribution in [2.24, 2.45) is 0 Å². The van der Waals surface area contributed by atoms with Gasteiger partial charge in [-0.2, -0.15) is 0 Å². The largest absolute Gasteiger partial charge is 0.358 e. The highest BCUT2D eigenvalue weighted by atomic mass is 15.4. The maximum Gasteiger partial charge on any atom is 0.0945 e. The molecule has 5 rings (SSSR count). The van der Waals surface area contributed by atoms with Crippen LogP contribution in [0.5, 0.6) is 0 Å². The predicted octanol–water partition coefficient (Wildman–Crippen LogP) is 6.02. The van der Waals surface area contributed by atoms with E-state index in [2.05, 4.69) is 83.9 Å². The van der Waals surface area contributed by atoms with Gasteiger partial charge in [0.15, 0.2) is 0 Å². The second-order valence-corrected chi connectivity index (χ2v) is 9.29. The van der Waals surface area contributed by atoms with E-state index in [0.29, 0.717) is 0 Å². The van der Waals surface area contributed by atoms with Crippen molar-refractivity contribution < 1.29 is 0 Å². The third-order valence-electron chi connectivity index (χ3n) is 7.13. The van der Waals surface area contributed by atoms with Gasteiger partial charge in [-0.3, -0.25) is 0 Å². The number of benzene rings is 3. The number of anilines is 1. The van der Waals surface area contributed by atoms with Crippen LogP contribution in [-0.2, 0) is 0 Å². The Balaban J connectivity index is 1.40. The lowest BCUT2D eigenvalue weighted by atomic mass is 9.98. The van der Waals surface area contributed by atoms with E-state index in [1.807, 2.05) is 6.20 Å². The standard InChI is InChI=1S/C30H33N3/c1-5-32-20-33(30-15-9-7-6-8-14-29(30)32)19-21(2)31-24-16-17-27-22(3)25-12-10-11-13-26(25)23(4)28(27)18-24/h5,10-13,16-18,31H,1-4,6-9,14-15,19-20H2. The summed E-state index contributed by atoms with van der Waals surface area (Å²) in [6.07, 6.45) is 9.46.